The summed E-state index contributed by atoms with van der Waals surface area (Å²) in [6.07, 6.45) is 1.99. The molecule has 0 saturated carbocycles. The Morgan fingerprint density at radius 2 is 1.95 bits per heavy atom. The molecule has 3 aliphatic rings. The van der Waals surface area contributed by atoms with E-state index in [1.165, 1.54) is 5.06 Å². The predicted molar refractivity (Wildman–Crippen MR) is 134 cm³/mol. The number of benzene rings is 1. The molecular formula is C26H38N4O7. The lowest BCUT2D eigenvalue weighted by Crippen LogP contribution is -2.45. The molecule has 1 N–H and O–H groups in total. The van der Waals surface area contributed by atoms with E-state index >= 15 is 0 Å². The molecule has 3 amide bonds. The van der Waals surface area contributed by atoms with Crippen LogP contribution in [0.4, 0.5) is 4.79 Å². The molecule has 3 aliphatic heterocycles. The van der Waals surface area contributed by atoms with E-state index < -0.39 is 17.9 Å². The van der Waals surface area contributed by atoms with Crippen molar-refractivity contribution in [1.82, 2.24) is 19.8 Å². The fraction of sp³-hybridized carbons (Fsp3) is 0.654. The minimum absolute atomic E-state index is 0.0487. The lowest BCUT2D eigenvalue weighted by Gasteiger charge is -2.30. The van der Waals surface area contributed by atoms with E-state index in [9.17, 15) is 19.5 Å². The minimum Gasteiger partial charge on any atom is -0.481 e. The van der Waals surface area contributed by atoms with E-state index in [-0.39, 0.29) is 31.2 Å². The highest BCUT2D eigenvalue weighted by Gasteiger charge is 2.47. The first-order valence-electron chi connectivity index (χ1n) is 13.1. The highest BCUT2D eigenvalue weighted by Crippen LogP contribution is 2.42. The summed E-state index contributed by atoms with van der Waals surface area (Å²) in [4.78, 5) is 49.5. The van der Waals surface area contributed by atoms with Gasteiger partial charge in [0.05, 0.1) is 19.1 Å². The van der Waals surface area contributed by atoms with Crippen molar-refractivity contribution in [3.63, 3.8) is 0 Å². The first-order valence-corrected chi connectivity index (χ1v) is 13.1. The van der Waals surface area contributed by atoms with Gasteiger partial charge in [0.2, 0.25) is 6.79 Å². The quantitative estimate of drug-likeness (QED) is 0.419. The van der Waals surface area contributed by atoms with Gasteiger partial charge in [-0.15, -0.1) is 0 Å². The number of nitrogens with zero attached hydrogens (tertiary/aromatic N) is 4. The highest BCUT2D eigenvalue weighted by atomic mass is 16.7. The molecule has 2 saturated heterocycles. The van der Waals surface area contributed by atoms with Gasteiger partial charge in [-0.1, -0.05) is 19.9 Å². The van der Waals surface area contributed by atoms with E-state index in [1.54, 1.807) is 22.9 Å². The molecule has 204 valence electrons. The zero-order valence-corrected chi connectivity index (χ0v) is 21.9. The number of hydroxylamine groups is 2. The number of likely N-dealkylation sites (N-methyl/N-ethyl adjacent to an activating group) is 1. The molecular weight excluding hydrogens is 480 g/mol. The van der Waals surface area contributed by atoms with Crippen molar-refractivity contribution in [3.8, 4) is 11.5 Å². The van der Waals surface area contributed by atoms with Crippen LogP contribution in [-0.4, -0.2) is 109 Å². The normalized spacial score (nSPS) is 23.2. The van der Waals surface area contributed by atoms with Gasteiger partial charge in [-0.2, -0.15) is 0 Å². The number of carboxylic acid groups (broad SMARTS) is 1. The van der Waals surface area contributed by atoms with E-state index in [4.69, 9.17) is 14.3 Å². The molecule has 0 radical (unpaired) electrons. The SMILES string of the molecule is CCCON(CCC)C(=O)CN1CC(c2ccc3c(c2)OCO3)C(C(=O)O)C1CCN1CCN(C)C1=O. The van der Waals surface area contributed by atoms with E-state index in [1.807, 2.05) is 30.9 Å². The van der Waals surface area contributed by atoms with Gasteiger partial charge < -0.3 is 24.4 Å². The molecule has 37 heavy (non-hydrogen) atoms. The standard InChI is InChI=1S/C26H38N4O7/c1-4-9-30(37-13-5-2)23(31)16-29-15-19(18-6-7-21-22(14-18)36-17-35-21)24(25(32)33)20(29)8-10-28-12-11-27(3)26(28)34/h6-7,14,19-20,24H,4-5,8-13,15-17H2,1-3H3,(H,32,33). The number of urea groups is 1. The molecule has 0 bridgehead atoms. The molecule has 3 atom stereocenters. The van der Waals surface area contributed by atoms with Crippen molar-refractivity contribution in [2.45, 2.75) is 45.1 Å². The topological polar surface area (TPSA) is 112 Å². The number of aliphatic carboxylic acids is 1. The number of amides is 3. The average Bonchev–Trinajstić information content (AvgIpc) is 3.58. The summed E-state index contributed by atoms with van der Waals surface area (Å²) in [6, 6.07) is 5.05. The molecule has 0 spiro atoms. The second-order valence-electron chi connectivity index (χ2n) is 9.89. The summed E-state index contributed by atoms with van der Waals surface area (Å²) < 4.78 is 11.0. The minimum atomic E-state index is -0.917. The number of rotatable bonds is 12. The molecule has 1 aromatic carbocycles. The largest absolute Gasteiger partial charge is 0.481 e. The van der Waals surface area contributed by atoms with Crippen molar-refractivity contribution in [2.75, 3.05) is 59.7 Å². The Balaban J connectivity index is 1.58. The van der Waals surface area contributed by atoms with Crippen LogP contribution in [0.1, 0.15) is 44.6 Å². The van der Waals surface area contributed by atoms with Crippen LogP contribution in [0.15, 0.2) is 18.2 Å². The van der Waals surface area contributed by atoms with Crippen molar-refractivity contribution in [2.24, 2.45) is 5.92 Å². The highest BCUT2D eigenvalue weighted by molar-refractivity contribution is 5.78. The number of hydrogen-bond acceptors (Lipinski definition) is 7. The number of carbonyl (C=O) groups excluding carboxylic acids is 2. The second-order valence-corrected chi connectivity index (χ2v) is 9.89. The Morgan fingerprint density at radius 3 is 2.62 bits per heavy atom. The van der Waals surface area contributed by atoms with Gasteiger partial charge in [0.1, 0.15) is 0 Å². The Kier molecular flexibility index (Phi) is 8.75. The summed E-state index contributed by atoms with van der Waals surface area (Å²) in [5.41, 5.74) is 0.834. The average molecular weight is 519 g/mol. The monoisotopic (exact) mass is 518 g/mol. The molecule has 4 rings (SSSR count). The number of ether oxygens (including phenoxy) is 2. The van der Waals surface area contributed by atoms with Gasteiger partial charge in [-0.05, 0) is 37.0 Å². The summed E-state index contributed by atoms with van der Waals surface area (Å²) in [6.45, 7) is 7.15. The van der Waals surface area contributed by atoms with E-state index in [0.717, 1.165) is 18.4 Å². The zero-order chi connectivity index (χ0) is 26.5. The lowest BCUT2D eigenvalue weighted by molar-refractivity contribution is -0.188. The Morgan fingerprint density at radius 1 is 1.16 bits per heavy atom. The van der Waals surface area contributed by atoms with Gasteiger partial charge in [0.25, 0.3) is 5.91 Å². The first-order chi connectivity index (χ1) is 17.8. The fourth-order valence-electron chi connectivity index (χ4n) is 5.45. The maximum absolute atomic E-state index is 13.3. The maximum atomic E-state index is 13.3. The number of carbonyl (C=O) groups is 3. The van der Waals surface area contributed by atoms with Crippen LogP contribution in [0.3, 0.4) is 0 Å². The van der Waals surface area contributed by atoms with Gasteiger partial charge in [-0.3, -0.25) is 19.3 Å². The summed E-state index contributed by atoms with van der Waals surface area (Å²) in [7, 11) is 1.76. The van der Waals surface area contributed by atoms with Crippen LogP contribution >= 0.6 is 0 Å². The Bertz CT molecular complexity index is 990. The summed E-state index contributed by atoms with van der Waals surface area (Å²) in [5, 5.41) is 11.8. The third kappa shape index (κ3) is 5.93. The van der Waals surface area contributed by atoms with Gasteiger partial charge in [-0.25, -0.2) is 9.86 Å². The fourth-order valence-corrected chi connectivity index (χ4v) is 5.45. The smallest absolute Gasteiger partial charge is 0.319 e. The van der Waals surface area contributed by atoms with Crippen LogP contribution in [-0.2, 0) is 14.4 Å². The molecule has 3 unspecified atom stereocenters. The number of likely N-dealkylation sites (tertiary alicyclic amines) is 1. The van der Waals surface area contributed by atoms with Crippen molar-refractivity contribution < 1.29 is 33.8 Å². The second kappa shape index (κ2) is 12.0. The first kappa shape index (κ1) is 27.0. The van der Waals surface area contributed by atoms with Crippen molar-refractivity contribution in [3.05, 3.63) is 23.8 Å². The third-order valence-corrected chi connectivity index (χ3v) is 7.35. The van der Waals surface area contributed by atoms with Crippen LogP contribution in [0.25, 0.3) is 0 Å². The molecule has 3 heterocycles. The van der Waals surface area contributed by atoms with Gasteiger partial charge in [0, 0.05) is 51.7 Å². The van der Waals surface area contributed by atoms with Crippen molar-refractivity contribution in [1.29, 1.82) is 0 Å². The number of hydrogen-bond donors (Lipinski definition) is 1. The molecule has 11 heteroatoms. The zero-order valence-electron chi connectivity index (χ0n) is 21.9. The third-order valence-electron chi connectivity index (χ3n) is 7.35. The van der Waals surface area contributed by atoms with Crippen LogP contribution in [0, 0.1) is 5.92 Å². The van der Waals surface area contributed by atoms with Crippen LogP contribution < -0.4 is 9.47 Å². The predicted octanol–water partition coefficient (Wildman–Crippen LogP) is 2.22. The van der Waals surface area contributed by atoms with Gasteiger partial charge in [0.15, 0.2) is 11.5 Å². The summed E-state index contributed by atoms with van der Waals surface area (Å²) in [5.74, 6) is -0.969. The van der Waals surface area contributed by atoms with Gasteiger partial charge >= 0.3 is 12.0 Å². The molecule has 2 fully saturated rings. The molecule has 1 aromatic rings. The van der Waals surface area contributed by atoms with Crippen LogP contribution in [0.2, 0.25) is 0 Å². The lowest BCUT2D eigenvalue weighted by atomic mass is 9.84. The number of fused-ring (bicyclic) bond motifs is 1. The Hall–Kier alpha value is -3.05. The van der Waals surface area contributed by atoms with Crippen molar-refractivity contribution >= 4 is 17.9 Å². The molecule has 0 aliphatic carbocycles. The molecule has 0 aromatic heterocycles. The summed E-state index contributed by atoms with van der Waals surface area (Å²) >= 11 is 0. The van der Waals surface area contributed by atoms with Crippen LogP contribution in [0.5, 0.6) is 11.5 Å². The number of carboxylic acids is 1. The Labute approximate surface area is 217 Å². The maximum Gasteiger partial charge on any atom is 0.319 e. The van der Waals surface area contributed by atoms with E-state index in [2.05, 4.69) is 0 Å². The molecule has 11 nitrogen and oxygen atoms in total. The van der Waals surface area contributed by atoms with E-state index in [0.29, 0.717) is 57.3 Å².